The summed E-state index contributed by atoms with van der Waals surface area (Å²) in [5.74, 6) is 0.673. The second kappa shape index (κ2) is 11.6. The first-order chi connectivity index (χ1) is 7.66. The van der Waals surface area contributed by atoms with Gasteiger partial charge in [0, 0.05) is 0 Å². The highest BCUT2D eigenvalue weighted by molar-refractivity contribution is 7.75. The molecular weight excluding hydrogens is 224 g/mol. The summed E-state index contributed by atoms with van der Waals surface area (Å²) in [6, 6.07) is 0. The summed E-state index contributed by atoms with van der Waals surface area (Å²) in [5, 5.41) is 0. The van der Waals surface area contributed by atoms with Crippen LogP contribution in [-0.2, 0) is 19.7 Å². The number of hydrogen-bond donors (Lipinski definition) is 0. The monoisotopic (exact) mass is 250 g/mol. The molecule has 0 aromatic carbocycles. The zero-order valence-corrected chi connectivity index (χ0v) is 11.7. The molecular formula is C12H26O3S. The first-order valence-electron chi connectivity index (χ1n) is 6.35. The van der Waals surface area contributed by atoms with E-state index in [1.165, 1.54) is 12.8 Å². The lowest BCUT2D eigenvalue weighted by Crippen LogP contribution is -2.05. The Kier molecular flexibility index (Phi) is 11.6. The normalized spacial score (nSPS) is 13.2. The van der Waals surface area contributed by atoms with Crippen LogP contribution < -0.4 is 0 Å². The molecule has 0 fully saturated rings. The molecule has 0 spiro atoms. The smallest absolute Gasteiger partial charge is 0.268 e. The molecule has 16 heavy (non-hydrogen) atoms. The third-order valence-corrected chi connectivity index (χ3v) is 3.00. The van der Waals surface area contributed by atoms with Gasteiger partial charge in [0.1, 0.15) is 0 Å². The van der Waals surface area contributed by atoms with Crippen LogP contribution in [0.15, 0.2) is 0 Å². The highest BCUT2D eigenvalue weighted by atomic mass is 32.2. The molecule has 1 unspecified atom stereocenters. The van der Waals surface area contributed by atoms with Crippen LogP contribution in [0.1, 0.15) is 59.3 Å². The van der Waals surface area contributed by atoms with Gasteiger partial charge in [0.05, 0.1) is 13.2 Å². The fourth-order valence-corrected chi connectivity index (χ4v) is 1.88. The molecule has 3 nitrogen and oxygen atoms in total. The summed E-state index contributed by atoms with van der Waals surface area (Å²) in [6.07, 6.45) is 6.58. The summed E-state index contributed by atoms with van der Waals surface area (Å²) in [7, 11) is 0. The van der Waals surface area contributed by atoms with E-state index < -0.39 is 11.4 Å². The van der Waals surface area contributed by atoms with Crippen molar-refractivity contribution < 1.29 is 12.6 Å². The third-order valence-electron chi connectivity index (χ3n) is 2.28. The van der Waals surface area contributed by atoms with E-state index in [0.29, 0.717) is 19.1 Å². The molecule has 0 heterocycles. The van der Waals surface area contributed by atoms with Crippen molar-refractivity contribution in [3.63, 3.8) is 0 Å². The van der Waals surface area contributed by atoms with Crippen LogP contribution in [0.2, 0.25) is 0 Å². The minimum Gasteiger partial charge on any atom is -0.268 e. The van der Waals surface area contributed by atoms with Gasteiger partial charge in [-0.25, -0.2) is 0 Å². The molecule has 0 aromatic rings. The average Bonchev–Trinajstić information content (AvgIpc) is 2.24. The van der Waals surface area contributed by atoms with Crippen LogP contribution in [0.5, 0.6) is 0 Å². The molecule has 0 radical (unpaired) electrons. The maximum atomic E-state index is 11.2. The molecule has 0 aliphatic rings. The second-order valence-corrected chi connectivity index (χ2v) is 5.32. The third kappa shape index (κ3) is 12.1. The van der Waals surface area contributed by atoms with Crippen molar-refractivity contribution >= 4 is 11.4 Å². The Labute approximate surface area is 103 Å². The minimum absolute atomic E-state index is 0.528. The zero-order valence-electron chi connectivity index (χ0n) is 10.9. The van der Waals surface area contributed by atoms with E-state index in [4.69, 9.17) is 8.37 Å². The van der Waals surface area contributed by atoms with Crippen molar-refractivity contribution in [3.8, 4) is 0 Å². The van der Waals surface area contributed by atoms with Crippen molar-refractivity contribution in [1.82, 2.24) is 0 Å². The van der Waals surface area contributed by atoms with Gasteiger partial charge in [0.25, 0.3) is 0 Å². The highest BCUT2D eigenvalue weighted by Gasteiger charge is 2.01. The van der Waals surface area contributed by atoms with Gasteiger partial charge in [-0.2, -0.15) is 4.21 Å². The van der Waals surface area contributed by atoms with E-state index in [1.54, 1.807) is 0 Å². The lowest BCUT2D eigenvalue weighted by Gasteiger charge is -2.05. The summed E-state index contributed by atoms with van der Waals surface area (Å²) in [5.41, 5.74) is 0. The van der Waals surface area contributed by atoms with Gasteiger partial charge in [0.2, 0.25) is 0 Å². The van der Waals surface area contributed by atoms with Gasteiger partial charge >= 0.3 is 11.4 Å². The highest BCUT2D eigenvalue weighted by Crippen LogP contribution is 2.05. The van der Waals surface area contributed by atoms with E-state index >= 15 is 0 Å². The molecule has 0 N–H and O–H groups in total. The lowest BCUT2D eigenvalue weighted by molar-refractivity contribution is 0.238. The number of unbranched alkanes of at least 4 members (excludes halogenated alkanes) is 3. The van der Waals surface area contributed by atoms with Gasteiger partial charge in [-0.3, -0.25) is 8.37 Å². The molecule has 0 rings (SSSR count). The predicted molar refractivity (Wildman–Crippen MR) is 68.3 cm³/mol. The quantitative estimate of drug-likeness (QED) is 0.525. The Morgan fingerprint density at radius 1 is 1.00 bits per heavy atom. The molecule has 0 aliphatic heterocycles. The second-order valence-electron chi connectivity index (χ2n) is 4.44. The maximum absolute atomic E-state index is 11.2. The van der Waals surface area contributed by atoms with Gasteiger partial charge in [0.15, 0.2) is 0 Å². The SMILES string of the molecule is CCCCCCOS(=O)OCCCC(C)C. The van der Waals surface area contributed by atoms with E-state index in [1.807, 2.05) is 0 Å². The van der Waals surface area contributed by atoms with Crippen molar-refractivity contribution in [3.05, 3.63) is 0 Å². The Hall–Kier alpha value is 0.0700. The van der Waals surface area contributed by atoms with Crippen LogP contribution in [-0.4, -0.2) is 17.4 Å². The van der Waals surface area contributed by atoms with Crippen molar-refractivity contribution in [2.45, 2.75) is 59.3 Å². The first kappa shape index (κ1) is 16.1. The predicted octanol–water partition coefficient (Wildman–Crippen LogP) is 3.61. The summed E-state index contributed by atoms with van der Waals surface area (Å²) >= 11 is -1.54. The fourth-order valence-electron chi connectivity index (χ4n) is 1.31. The number of rotatable bonds is 11. The lowest BCUT2D eigenvalue weighted by atomic mass is 10.1. The summed E-state index contributed by atoms with van der Waals surface area (Å²) in [6.45, 7) is 7.57. The van der Waals surface area contributed by atoms with E-state index in [2.05, 4.69) is 20.8 Å². The molecule has 4 heteroatoms. The fraction of sp³-hybridized carbons (Fsp3) is 1.00. The summed E-state index contributed by atoms with van der Waals surface area (Å²) < 4.78 is 21.3. The van der Waals surface area contributed by atoms with Crippen LogP contribution in [0.3, 0.4) is 0 Å². The van der Waals surface area contributed by atoms with E-state index in [9.17, 15) is 4.21 Å². The Morgan fingerprint density at radius 2 is 1.62 bits per heavy atom. The van der Waals surface area contributed by atoms with Crippen LogP contribution in [0.25, 0.3) is 0 Å². The molecule has 0 saturated carbocycles. The summed E-state index contributed by atoms with van der Waals surface area (Å²) in [4.78, 5) is 0. The van der Waals surface area contributed by atoms with Crippen molar-refractivity contribution in [1.29, 1.82) is 0 Å². The molecule has 0 aliphatic carbocycles. The van der Waals surface area contributed by atoms with Crippen molar-refractivity contribution in [2.24, 2.45) is 5.92 Å². The molecule has 98 valence electrons. The Bertz CT molecular complexity index is 172. The Morgan fingerprint density at radius 3 is 2.19 bits per heavy atom. The largest absolute Gasteiger partial charge is 0.304 e. The minimum atomic E-state index is -1.54. The average molecular weight is 250 g/mol. The van der Waals surface area contributed by atoms with Crippen LogP contribution in [0.4, 0.5) is 0 Å². The van der Waals surface area contributed by atoms with Crippen molar-refractivity contribution in [2.75, 3.05) is 13.2 Å². The molecule has 1 atom stereocenters. The van der Waals surface area contributed by atoms with Gasteiger partial charge in [-0.15, -0.1) is 0 Å². The van der Waals surface area contributed by atoms with E-state index in [0.717, 1.165) is 25.7 Å². The molecule has 0 saturated heterocycles. The zero-order chi connectivity index (χ0) is 12.2. The topological polar surface area (TPSA) is 35.5 Å². The molecule has 0 amide bonds. The van der Waals surface area contributed by atoms with Gasteiger partial charge in [-0.1, -0.05) is 40.0 Å². The maximum Gasteiger partial charge on any atom is 0.304 e. The molecule has 0 aromatic heterocycles. The van der Waals surface area contributed by atoms with E-state index in [-0.39, 0.29) is 0 Å². The number of hydrogen-bond acceptors (Lipinski definition) is 3. The first-order valence-corrected chi connectivity index (χ1v) is 7.35. The van der Waals surface area contributed by atoms with Crippen LogP contribution in [0, 0.1) is 5.92 Å². The van der Waals surface area contributed by atoms with Gasteiger partial charge in [-0.05, 0) is 25.2 Å². The van der Waals surface area contributed by atoms with Crippen LogP contribution >= 0.6 is 0 Å². The Balaban J connectivity index is 3.18. The standard InChI is InChI=1S/C12H26O3S/c1-4-5-6-7-10-14-16(13)15-11-8-9-12(2)3/h12H,4-11H2,1-3H3. The molecule has 0 bridgehead atoms. The van der Waals surface area contributed by atoms with Gasteiger partial charge < -0.3 is 0 Å².